The van der Waals surface area contributed by atoms with E-state index in [1.54, 1.807) is 25.9 Å². The lowest BCUT2D eigenvalue weighted by molar-refractivity contribution is 0.0511. The molecule has 1 aromatic rings. The third-order valence-corrected chi connectivity index (χ3v) is 3.17. The summed E-state index contributed by atoms with van der Waals surface area (Å²) in [7, 11) is 3.31. The highest BCUT2D eigenvalue weighted by Gasteiger charge is 2.29. The fraction of sp³-hybridized carbons (Fsp3) is 0.583. The Morgan fingerprint density at radius 1 is 1.47 bits per heavy atom. The lowest BCUT2D eigenvalue weighted by atomic mass is 10.1. The van der Waals surface area contributed by atoms with Crippen molar-refractivity contribution in [2.24, 2.45) is 7.05 Å². The number of carbonyl (C=O) groups is 2. The quantitative estimate of drug-likeness (QED) is 0.781. The first kappa shape index (κ1) is 13.4. The minimum Gasteiger partial charge on any atom is -0.461 e. The highest BCUT2D eigenvalue weighted by molar-refractivity contribution is 5.90. The topological polar surface area (TPSA) is 76.5 Å². The van der Waals surface area contributed by atoms with Crippen LogP contribution in [0.1, 0.15) is 28.7 Å². The summed E-state index contributed by atoms with van der Waals surface area (Å²) in [5.74, 6) is -0.391. The molecule has 1 aromatic heterocycles. The Morgan fingerprint density at radius 3 is 2.84 bits per heavy atom. The van der Waals surface area contributed by atoms with Gasteiger partial charge in [-0.2, -0.15) is 5.10 Å². The molecule has 104 valence electrons. The predicted molar refractivity (Wildman–Crippen MR) is 67.7 cm³/mol. The van der Waals surface area contributed by atoms with Gasteiger partial charge < -0.3 is 15.0 Å². The van der Waals surface area contributed by atoms with Crippen molar-refractivity contribution in [2.75, 3.05) is 20.2 Å². The van der Waals surface area contributed by atoms with E-state index < -0.39 is 5.97 Å². The second-order valence-corrected chi connectivity index (χ2v) is 4.34. The van der Waals surface area contributed by atoms with E-state index >= 15 is 0 Å². The van der Waals surface area contributed by atoms with Crippen LogP contribution in [0.2, 0.25) is 0 Å². The first-order valence-corrected chi connectivity index (χ1v) is 6.27. The van der Waals surface area contributed by atoms with Crippen LogP contribution in [0.15, 0.2) is 0 Å². The summed E-state index contributed by atoms with van der Waals surface area (Å²) in [5.41, 5.74) is 2.09. The summed E-state index contributed by atoms with van der Waals surface area (Å²) in [5, 5.41) is 6.92. The maximum atomic E-state index is 11.9. The molecule has 0 unspecified atom stereocenters. The van der Waals surface area contributed by atoms with Gasteiger partial charge in [-0.05, 0) is 6.92 Å². The molecule has 1 N–H and O–H groups in total. The van der Waals surface area contributed by atoms with Crippen molar-refractivity contribution in [3.8, 4) is 0 Å². The Labute approximate surface area is 111 Å². The van der Waals surface area contributed by atoms with Crippen LogP contribution < -0.4 is 5.32 Å². The van der Waals surface area contributed by atoms with Gasteiger partial charge in [-0.3, -0.25) is 4.68 Å². The number of hydrogen-bond donors (Lipinski definition) is 1. The Kier molecular flexibility index (Phi) is 3.73. The average molecular weight is 266 g/mol. The van der Waals surface area contributed by atoms with Crippen LogP contribution in [0.25, 0.3) is 0 Å². The molecule has 0 atom stereocenters. The van der Waals surface area contributed by atoms with Gasteiger partial charge in [0.1, 0.15) is 0 Å². The van der Waals surface area contributed by atoms with Crippen molar-refractivity contribution in [1.29, 1.82) is 0 Å². The van der Waals surface area contributed by atoms with Crippen LogP contribution in [0.4, 0.5) is 4.79 Å². The highest BCUT2D eigenvalue weighted by Crippen LogP contribution is 2.22. The van der Waals surface area contributed by atoms with Crippen molar-refractivity contribution in [3.63, 3.8) is 0 Å². The number of nitrogens with one attached hydrogen (secondary N) is 1. The number of hydrogen-bond acceptors (Lipinski definition) is 4. The predicted octanol–water partition coefficient (Wildman–Crippen LogP) is 0.294. The lowest BCUT2D eigenvalue weighted by Gasteiger charge is -2.26. The number of nitrogens with zero attached hydrogens (tertiary/aromatic N) is 3. The molecule has 0 spiro atoms. The van der Waals surface area contributed by atoms with Gasteiger partial charge in [-0.1, -0.05) is 0 Å². The minimum absolute atomic E-state index is 0.149. The molecule has 0 saturated carbocycles. The van der Waals surface area contributed by atoms with E-state index in [0.717, 1.165) is 11.3 Å². The van der Waals surface area contributed by atoms with E-state index in [1.807, 2.05) is 0 Å². The average Bonchev–Trinajstić information content (AvgIpc) is 2.72. The van der Waals surface area contributed by atoms with Crippen molar-refractivity contribution in [3.05, 3.63) is 17.0 Å². The first-order chi connectivity index (χ1) is 9.08. The van der Waals surface area contributed by atoms with E-state index in [-0.39, 0.29) is 6.03 Å². The van der Waals surface area contributed by atoms with Gasteiger partial charge in [-0.15, -0.1) is 0 Å². The Bertz CT molecular complexity index is 509. The van der Waals surface area contributed by atoms with Crippen LogP contribution in [0.5, 0.6) is 0 Å². The van der Waals surface area contributed by atoms with Crippen molar-refractivity contribution >= 4 is 12.0 Å². The van der Waals surface area contributed by atoms with Gasteiger partial charge in [0.2, 0.25) is 0 Å². The molecule has 0 fully saturated rings. The van der Waals surface area contributed by atoms with E-state index in [0.29, 0.717) is 31.8 Å². The number of rotatable bonds is 2. The summed E-state index contributed by atoms with van der Waals surface area (Å²) in [6, 6.07) is -0.149. The van der Waals surface area contributed by atoms with Crippen LogP contribution in [-0.2, 0) is 24.8 Å². The lowest BCUT2D eigenvalue weighted by Crippen LogP contribution is -2.41. The standard InChI is InChI=1S/C12H18N4O3/c1-4-19-11(17)10-8-7-16(12(18)13-2)6-5-9(8)14-15(10)3/h4-7H2,1-3H3,(H,13,18). The molecule has 7 nitrogen and oxygen atoms in total. The molecular weight excluding hydrogens is 248 g/mol. The minimum atomic E-state index is -0.391. The molecule has 1 aliphatic heterocycles. The summed E-state index contributed by atoms with van der Waals surface area (Å²) in [6.07, 6.45) is 0.649. The molecule has 0 aromatic carbocycles. The molecule has 0 radical (unpaired) electrons. The number of fused-ring (bicyclic) bond motifs is 1. The van der Waals surface area contributed by atoms with Crippen LogP contribution in [0, 0.1) is 0 Å². The molecule has 0 saturated heterocycles. The van der Waals surface area contributed by atoms with Crippen LogP contribution in [0.3, 0.4) is 0 Å². The number of aryl methyl sites for hydroxylation is 1. The third-order valence-electron chi connectivity index (χ3n) is 3.17. The Morgan fingerprint density at radius 2 is 2.21 bits per heavy atom. The number of esters is 1. The van der Waals surface area contributed by atoms with Gasteiger partial charge in [0.15, 0.2) is 5.69 Å². The molecule has 2 heterocycles. The zero-order valence-electron chi connectivity index (χ0n) is 11.4. The van der Waals surface area contributed by atoms with Crippen molar-refractivity contribution in [2.45, 2.75) is 19.9 Å². The summed E-state index contributed by atoms with van der Waals surface area (Å²) in [4.78, 5) is 25.3. The molecular formula is C12H18N4O3. The maximum absolute atomic E-state index is 11.9. The van der Waals surface area contributed by atoms with Crippen molar-refractivity contribution in [1.82, 2.24) is 20.0 Å². The molecule has 7 heteroatoms. The van der Waals surface area contributed by atoms with Gasteiger partial charge in [0.05, 0.1) is 18.8 Å². The normalized spacial score (nSPS) is 13.9. The molecule has 0 aliphatic carbocycles. The van der Waals surface area contributed by atoms with Gasteiger partial charge in [0.25, 0.3) is 0 Å². The number of urea groups is 1. The molecule has 2 rings (SSSR count). The van der Waals surface area contributed by atoms with E-state index in [4.69, 9.17) is 4.74 Å². The number of amides is 2. The maximum Gasteiger partial charge on any atom is 0.356 e. The summed E-state index contributed by atoms with van der Waals surface area (Å²) < 4.78 is 6.57. The Balaban J connectivity index is 2.31. The van der Waals surface area contributed by atoms with Gasteiger partial charge in [0, 0.05) is 32.6 Å². The largest absolute Gasteiger partial charge is 0.461 e. The zero-order valence-corrected chi connectivity index (χ0v) is 11.4. The fourth-order valence-electron chi connectivity index (χ4n) is 2.29. The van der Waals surface area contributed by atoms with Gasteiger partial charge in [-0.25, -0.2) is 9.59 Å². The second kappa shape index (κ2) is 5.29. The van der Waals surface area contributed by atoms with Crippen molar-refractivity contribution < 1.29 is 14.3 Å². The second-order valence-electron chi connectivity index (χ2n) is 4.34. The van der Waals surface area contributed by atoms with Gasteiger partial charge >= 0.3 is 12.0 Å². The SMILES string of the molecule is CCOC(=O)c1c2c(nn1C)CCN(C(=O)NC)C2. The number of carbonyl (C=O) groups excluding carboxylic acids is 2. The summed E-state index contributed by atoms with van der Waals surface area (Å²) >= 11 is 0. The smallest absolute Gasteiger partial charge is 0.356 e. The monoisotopic (exact) mass is 266 g/mol. The van der Waals surface area contributed by atoms with E-state index in [2.05, 4.69) is 10.4 Å². The molecule has 1 aliphatic rings. The highest BCUT2D eigenvalue weighted by atomic mass is 16.5. The first-order valence-electron chi connectivity index (χ1n) is 6.27. The number of aromatic nitrogens is 2. The fourth-order valence-corrected chi connectivity index (χ4v) is 2.29. The molecule has 2 amide bonds. The molecule has 19 heavy (non-hydrogen) atoms. The van der Waals surface area contributed by atoms with E-state index in [9.17, 15) is 9.59 Å². The third kappa shape index (κ3) is 2.40. The van der Waals surface area contributed by atoms with E-state index in [1.165, 1.54) is 4.68 Å². The van der Waals surface area contributed by atoms with Crippen LogP contribution in [-0.4, -0.2) is 46.9 Å². The molecule has 0 bridgehead atoms. The number of ether oxygens (including phenoxy) is 1. The summed E-state index contributed by atoms with van der Waals surface area (Å²) in [6.45, 7) is 3.07. The Hall–Kier alpha value is -2.05. The van der Waals surface area contributed by atoms with Crippen LogP contribution >= 0.6 is 0 Å². The zero-order chi connectivity index (χ0) is 14.0.